The van der Waals surface area contributed by atoms with E-state index in [0.717, 1.165) is 19.3 Å². The van der Waals surface area contributed by atoms with Crippen LogP contribution in [-0.4, -0.2) is 55.7 Å². The highest BCUT2D eigenvalue weighted by molar-refractivity contribution is 7.86. The Bertz CT molecular complexity index is 711. The second kappa shape index (κ2) is 10.9. The second-order valence-corrected chi connectivity index (χ2v) is 9.48. The molecule has 1 aliphatic rings. The molecule has 7 heteroatoms. The summed E-state index contributed by atoms with van der Waals surface area (Å²) in [6, 6.07) is 8.33. The zero-order valence-corrected chi connectivity index (χ0v) is 18.3. The van der Waals surface area contributed by atoms with E-state index in [9.17, 15) is 13.2 Å². The van der Waals surface area contributed by atoms with Gasteiger partial charge in [0.25, 0.3) is 10.2 Å². The zero-order chi connectivity index (χ0) is 20.6. The molecular formula is C21H35N3O3S. The molecule has 0 spiro atoms. The van der Waals surface area contributed by atoms with E-state index in [1.807, 2.05) is 6.92 Å². The summed E-state index contributed by atoms with van der Waals surface area (Å²) in [5.41, 5.74) is 2.43. The lowest BCUT2D eigenvalue weighted by molar-refractivity contribution is -0.126. The van der Waals surface area contributed by atoms with Crippen molar-refractivity contribution in [3.05, 3.63) is 35.4 Å². The summed E-state index contributed by atoms with van der Waals surface area (Å²) in [6.07, 6.45) is 3.81. The highest BCUT2D eigenvalue weighted by atomic mass is 32.2. The van der Waals surface area contributed by atoms with Gasteiger partial charge in [0.2, 0.25) is 5.91 Å². The lowest BCUT2D eigenvalue weighted by Gasteiger charge is -2.34. The molecule has 1 heterocycles. The van der Waals surface area contributed by atoms with Gasteiger partial charge in [-0.15, -0.1) is 0 Å². The lowest BCUT2D eigenvalue weighted by Crippen LogP contribution is -2.49. The first-order chi connectivity index (χ1) is 13.4. The van der Waals surface area contributed by atoms with Crippen LogP contribution in [0.25, 0.3) is 0 Å². The smallest absolute Gasteiger partial charge is 0.281 e. The van der Waals surface area contributed by atoms with Gasteiger partial charge in [0, 0.05) is 38.6 Å². The summed E-state index contributed by atoms with van der Waals surface area (Å²) in [5.74, 6) is -0.0577. The Labute approximate surface area is 170 Å². The van der Waals surface area contributed by atoms with Gasteiger partial charge in [0.15, 0.2) is 0 Å². The Kier molecular flexibility index (Phi) is 8.92. The topological polar surface area (TPSA) is 69.7 Å². The van der Waals surface area contributed by atoms with Gasteiger partial charge in [-0.05, 0) is 38.2 Å². The summed E-state index contributed by atoms with van der Waals surface area (Å²) in [5, 5.41) is 3.01. The molecule has 0 aromatic heterocycles. The Balaban J connectivity index is 1.78. The van der Waals surface area contributed by atoms with Crippen LogP contribution in [0.5, 0.6) is 0 Å². The molecule has 0 aliphatic carbocycles. The average Bonchev–Trinajstić information content (AvgIpc) is 2.70. The Morgan fingerprint density at radius 1 is 1.18 bits per heavy atom. The van der Waals surface area contributed by atoms with E-state index in [4.69, 9.17) is 0 Å². The molecule has 6 nitrogen and oxygen atoms in total. The number of aryl methyl sites for hydroxylation is 1. The number of piperidine rings is 1. The standard InChI is InChI=1S/C21H35N3O3S/c1-4-6-15-23(5-2)28(26,27)24-16-12-20(13-17-24)21(25)22-14-11-19-9-7-18(3)8-10-19/h7-10,20H,4-6,11-17H2,1-3H3,(H,22,25). The van der Waals surface area contributed by atoms with Crippen LogP contribution in [0.15, 0.2) is 24.3 Å². The molecule has 1 fully saturated rings. The predicted molar refractivity (Wildman–Crippen MR) is 113 cm³/mol. The SMILES string of the molecule is CCCCN(CC)S(=O)(=O)N1CCC(C(=O)NCCc2ccc(C)cc2)CC1. The number of carbonyl (C=O) groups excluding carboxylic acids is 1. The summed E-state index contributed by atoms with van der Waals surface area (Å²) >= 11 is 0. The molecule has 1 saturated heterocycles. The van der Waals surface area contributed by atoms with Gasteiger partial charge >= 0.3 is 0 Å². The fraction of sp³-hybridized carbons (Fsp3) is 0.667. The second-order valence-electron chi connectivity index (χ2n) is 7.55. The lowest BCUT2D eigenvalue weighted by atomic mass is 9.97. The predicted octanol–water partition coefficient (Wildman–Crippen LogP) is 2.73. The minimum absolute atomic E-state index is 0.0440. The van der Waals surface area contributed by atoms with Gasteiger partial charge in [-0.2, -0.15) is 17.0 Å². The molecule has 1 aromatic carbocycles. The van der Waals surface area contributed by atoms with Crippen molar-refractivity contribution >= 4 is 16.1 Å². The molecule has 1 aliphatic heterocycles. The van der Waals surface area contributed by atoms with Crippen molar-refractivity contribution in [2.75, 3.05) is 32.7 Å². The number of hydrogen-bond acceptors (Lipinski definition) is 3. The van der Waals surface area contributed by atoms with Crippen LogP contribution in [0.3, 0.4) is 0 Å². The minimum Gasteiger partial charge on any atom is -0.356 e. The summed E-state index contributed by atoms with van der Waals surface area (Å²) in [6.45, 7) is 8.49. The van der Waals surface area contributed by atoms with Crippen molar-refractivity contribution in [2.45, 2.75) is 52.9 Å². The van der Waals surface area contributed by atoms with Crippen LogP contribution in [0.1, 0.15) is 50.7 Å². The van der Waals surface area contributed by atoms with Gasteiger partial charge in [0.05, 0.1) is 0 Å². The average molecular weight is 410 g/mol. The third-order valence-electron chi connectivity index (χ3n) is 5.42. The molecule has 1 N–H and O–H groups in total. The van der Waals surface area contributed by atoms with Crippen molar-refractivity contribution in [1.82, 2.24) is 13.9 Å². The number of amides is 1. The monoisotopic (exact) mass is 409 g/mol. The molecule has 0 bridgehead atoms. The van der Waals surface area contributed by atoms with Crippen molar-refractivity contribution in [1.29, 1.82) is 0 Å². The van der Waals surface area contributed by atoms with E-state index < -0.39 is 10.2 Å². The summed E-state index contributed by atoms with van der Waals surface area (Å²) < 4.78 is 28.7. The van der Waals surface area contributed by atoms with Crippen LogP contribution in [0.2, 0.25) is 0 Å². The maximum absolute atomic E-state index is 12.8. The number of nitrogens with one attached hydrogen (secondary N) is 1. The van der Waals surface area contributed by atoms with Gasteiger partial charge in [-0.3, -0.25) is 4.79 Å². The molecule has 1 aromatic rings. The highest BCUT2D eigenvalue weighted by Crippen LogP contribution is 2.22. The van der Waals surface area contributed by atoms with Gasteiger partial charge < -0.3 is 5.32 Å². The summed E-state index contributed by atoms with van der Waals surface area (Å²) in [4.78, 5) is 12.4. The zero-order valence-electron chi connectivity index (χ0n) is 17.5. The Morgan fingerprint density at radius 3 is 2.39 bits per heavy atom. The highest BCUT2D eigenvalue weighted by Gasteiger charge is 2.33. The molecule has 0 unspecified atom stereocenters. The first kappa shape index (κ1) is 22.8. The molecule has 158 valence electrons. The molecular weight excluding hydrogens is 374 g/mol. The number of unbranched alkanes of at least 4 members (excludes halogenated alkanes) is 1. The van der Waals surface area contributed by atoms with E-state index >= 15 is 0 Å². The van der Waals surface area contributed by atoms with Crippen molar-refractivity contribution in [3.63, 3.8) is 0 Å². The number of rotatable bonds is 10. The fourth-order valence-corrected chi connectivity index (χ4v) is 5.20. The molecule has 0 radical (unpaired) electrons. The molecule has 0 atom stereocenters. The van der Waals surface area contributed by atoms with E-state index in [2.05, 4.69) is 43.4 Å². The van der Waals surface area contributed by atoms with Gasteiger partial charge in [0.1, 0.15) is 0 Å². The minimum atomic E-state index is -3.42. The van der Waals surface area contributed by atoms with Crippen LogP contribution in [0, 0.1) is 12.8 Å². The first-order valence-corrected chi connectivity index (χ1v) is 11.9. The van der Waals surface area contributed by atoms with E-state index in [1.165, 1.54) is 11.1 Å². The largest absolute Gasteiger partial charge is 0.356 e. The first-order valence-electron chi connectivity index (χ1n) is 10.5. The molecule has 28 heavy (non-hydrogen) atoms. The maximum Gasteiger partial charge on any atom is 0.281 e. The van der Waals surface area contributed by atoms with Crippen molar-refractivity contribution in [2.24, 2.45) is 5.92 Å². The van der Waals surface area contributed by atoms with Gasteiger partial charge in [-0.25, -0.2) is 0 Å². The quantitative estimate of drug-likeness (QED) is 0.646. The Hall–Kier alpha value is -1.44. The van der Waals surface area contributed by atoms with Crippen LogP contribution in [-0.2, 0) is 21.4 Å². The van der Waals surface area contributed by atoms with Crippen molar-refractivity contribution in [3.8, 4) is 0 Å². The maximum atomic E-state index is 12.8. The van der Waals surface area contributed by atoms with Gasteiger partial charge in [-0.1, -0.05) is 50.1 Å². The van der Waals surface area contributed by atoms with E-state index in [-0.39, 0.29) is 11.8 Å². The van der Waals surface area contributed by atoms with E-state index in [1.54, 1.807) is 8.61 Å². The number of hydrogen-bond donors (Lipinski definition) is 1. The van der Waals surface area contributed by atoms with Crippen molar-refractivity contribution < 1.29 is 13.2 Å². The molecule has 2 rings (SSSR count). The number of nitrogens with zero attached hydrogens (tertiary/aromatic N) is 2. The van der Waals surface area contributed by atoms with Crippen LogP contribution >= 0.6 is 0 Å². The normalized spacial score (nSPS) is 16.4. The number of benzene rings is 1. The van der Waals surface area contributed by atoms with Crippen LogP contribution in [0.4, 0.5) is 0 Å². The molecule has 0 saturated carbocycles. The van der Waals surface area contributed by atoms with Crippen LogP contribution < -0.4 is 5.32 Å². The number of carbonyl (C=O) groups is 1. The third kappa shape index (κ3) is 6.29. The Morgan fingerprint density at radius 2 is 1.82 bits per heavy atom. The summed E-state index contributed by atoms with van der Waals surface area (Å²) in [7, 11) is -3.42. The third-order valence-corrected chi connectivity index (χ3v) is 7.54. The van der Waals surface area contributed by atoms with E-state index in [0.29, 0.717) is 45.6 Å². The fourth-order valence-electron chi connectivity index (χ4n) is 3.51. The molecule has 1 amide bonds.